The molecule has 0 aliphatic rings. The minimum Gasteiger partial charge on any atom is -0.384 e. The van der Waals surface area contributed by atoms with Crippen LogP contribution in [0.5, 0.6) is 0 Å². The lowest BCUT2D eigenvalue weighted by Crippen LogP contribution is -2.12. The van der Waals surface area contributed by atoms with Crippen LogP contribution in [-0.4, -0.2) is 28.9 Å². The highest BCUT2D eigenvalue weighted by Gasteiger charge is 2.20. The molecule has 0 fully saturated rings. The second kappa shape index (κ2) is 5.57. The van der Waals surface area contributed by atoms with E-state index in [1.165, 1.54) is 13.2 Å². The lowest BCUT2D eigenvalue weighted by atomic mass is 9.94. The Morgan fingerprint density at radius 3 is 2.90 bits per heavy atom. The largest absolute Gasteiger partial charge is 0.384 e. The van der Waals surface area contributed by atoms with Crippen molar-refractivity contribution in [1.29, 1.82) is 0 Å². The molecule has 3 aromatic rings. The van der Waals surface area contributed by atoms with E-state index in [0.29, 0.717) is 5.69 Å². The fourth-order valence-corrected chi connectivity index (χ4v) is 2.33. The average Bonchev–Trinajstić information content (AvgIpc) is 2.95. The number of aromatic nitrogens is 3. The topological polar surface area (TPSA) is 50.8 Å². The summed E-state index contributed by atoms with van der Waals surface area (Å²) >= 11 is 0. The first-order valence-corrected chi connectivity index (χ1v) is 6.42. The van der Waals surface area contributed by atoms with Crippen LogP contribution in [0.25, 0.3) is 10.9 Å². The van der Waals surface area contributed by atoms with Gasteiger partial charge in [-0.1, -0.05) is 0 Å². The summed E-state index contributed by atoms with van der Waals surface area (Å²) in [7, 11) is 1.51. The van der Waals surface area contributed by atoms with E-state index in [9.17, 15) is 8.78 Å². The number of H-pyrrole nitrogens is 1. The molecule has 1 atom stereocenters. The third kappa shape index (κ3) is 2.62. The smallest absolute Gasteiger partial charge is 0.127 e. The fourth-order valence-electron chi connectivity index (χ4n) is 2.33. The Morgan fingerprint density at radius 1 is 1.24 bits per heavy atom. The molecule has 2 aromatic heterocycles. The van der Waals surface area contributed by atoms with Gasteiger partial charge in [-0.3, -0.25) is 10.1 Å². The summed E-state index contributed by atoms with van der Waals surface area (Å²) in [6, 6.07) is 5.19. The van der Waals surface area contributed by atoms with Gasteiger partial charge in [0.1, 0.15) is 11.6 Å². The van der Waals surface area contributed by atoms with Crippen LogP contribution in [0.4, 0.5) is 8.78 Å². The van der Waals surface area contributed by atoms with E-state index in [0.717, 1.165) is 23.0 Å². The number of rotatable bonds is 4. The predicted molar refractivity (Wildman–Crippen MR) is 74.0 cm³/mol. The van der Waals surface area contributed by atoms with Crippen molar-refractivity contribution in [2.45, 2.75) is 5.92 Å². The van der Waals surface area contributed by atoms with Crippen molar-refractivity contribution in [3.05, 3.63) is 59.6 Å². The van der Waals surface area contributed by atoms with Crippen LogP contribution in [0.15, 0.2) is 36.7 Å². The molecule has 0 aliphatic heterocycles. The third-order valence-electron chi connectivity index (χ3n) is 3.37. The van der Waals surface area contributed by atoms with Gasteiger partial charge in [-0.05, 0) is 24.3 Å². The Kier molecular flexibility index (Phi) is 3.62. The maximum atomic E-state index is 14.0. The van der Waals surface area contributed by atoms with Gasteiger partial charge in [0, 0.05) is 18.1 Å². The van der Waals surface area contributed by atoms with Crippen LogP contribution in [0, 0.1) is 11.6 Å². The van der Waals surface area contributed by atoms with Crippen molar-refractivity contribution >= 4 is 10.9 Å². The SMILES string of the molecule is COCC(c1cc2cn[nH]c2cn1)c1cc(F)ccc1F. The first-order valence-electron chi connectivity index (χ1n) is 6.42. The maximum absolute atomic E-state index is 14.0. The van der Waals surface area contributed by atoms with Crippen LogP contribution in [0.1, 0.15) is 17.2 Å². The van der Waals surface area contributed by atoms with E-state index >= 15 is 0 Å². The molecule has 0 radical (unpaired) electrons. The highest BCUT2D eigenvalue weighted by atomic mass is 19.1. The van der Waals surface area contributed by atoms with Crippen molar-refractivity contribution in [3.8, 4) is 0 Å². The zero-order valence-corrected chi connectivity index (χ0v) is 11.3. The highest BCUT2D eigenvalue weighted by molar-refractivity contribution is 5.77. The van der Waals surface area contributed by atoms with Crippen molar-refractivity contribution in [1.82, 2.24) is 15.2 Å². The van der Waals surface area contributed by atoms with Gasteiger partial charge in [0.05, 0.1) is 36.1 Å². The number of ether oxygens (including phenoxy) is 1. The lowest BCUT2D eigenvalue weighted by Gasteiger charge is -2.17. The molecule has 0 saturated heterocycles. The summed E-state index contributed by atoms with van der Waals surface area (Å²) in [5, 5.41) is 7.58. The molecule has 4 nitrogen and oxygen atoms in total. The zero-order valence-electron chi connectivity index (χ0n) is 11.3. The molecule has 1 N–H and O–H groups in total. The van der Waals surface area contributed by atoms with Gasteiger partial charge in [-0.2, -0.15) is 5.10 Å². The molecule has 0 amide bonds. The zero-order chi connectivity index (χ0) is 14.8. The molecule has 0 bridgehead atoms. The number of hydrogen-bond donors (Lipinski definition) is 1. The van der Waals surface area contributed by atoms with E-state index in [1.54, 1.807) is 18.5 Å². The number of nitrogens with zero attached hydrogens (tertiary/aromatic N) is 2. The summed E-state index contributed by atoms with van der Waals surface area (Å²) in [6.07, 6.45) is 3.28. The number of benzene rings is 1. The van der Waals surface area contributed by atoms with Gasteiger partial charge in [0.15, 0.2) is 0 Å². The van der Waals surface area contributed by atoms with Gasteiger partial charge in [0.2, 0.25) is 0 Å². The second-order valence-corrected chi connectivity index (χ2v) is 4.74. The molecule has 0 saturated carbocycles. The van der Waals surface area contributed by atoms with Crippen molar-refractivity contribution in [3.63, 3.8) is 0 Å². The summed E-state index contributed by atoms with van der Waals surface area (Å²) in [5.41, 5.74) is 1.62. The number of methoxy groups -OCH3 is 1. The molecule has 108 valence electrons. The molecule has 1 aromatic carbocycles. The fraction of sp³-hybridized carbons (Fsp3) is 0.200. The van der Waals surface area contributed by atoms with Gasteiger partial charge >= 0.3 is 0 Å². The van der Waals surface area contributed by atoms with E-state index in [1.807, 2.05) is 0 Å². The number of pyridine rings is 1. The Hall–Kier alpha value is -2.34. The maximum Gasteiger partial charge on any atom is 0.127 e. The first kappa shape index (κ1) is 13.6. The third-order valence-corrected chi connectivity index (χ3v) is 3.37. The number of fused-ring (bicyclic) bond motifs is 1. The average molecular weight is 289 g/mol. The number of nitrogens with one attached hydrogen (secondary N) is 1. The summed E-state index contributed by atoms with van der Waals surface area (Å²) < 4.78 is 32.6. The standard InChI is InChI=1S/C15H13F2N3O/c1-21-8-12(11-5-10(16)2-3-13(11)17)14-4-9-6-19-20-15(9)7-18-14/h2-7,12H,8H2,1H3,(H,19,20). The van der Waals surface area contributed by atoms with Crippen LogP contribution >= 0.6 is 0 Å². The Bertz CT molecular complexity index is 772. The van der Waals surface area contributed by atoms with E-state index in [-0.39, 0.29) is 12.2 Å². The van der Waals surface area contributed by atoms with Crippen molar-refractivity contribution < 1.29 is 13.5 Å². The van der Waals surface area contributed by atoms with Gasteiger partial charge in [-0.25, -0.2) is 8.78 Å². The predicted octanol–water partition coefficient (Wildman–Crippen LogP) is 3.01. The Balaban J connectivity index is 2.09. The molecule has 21 heavy (non-hydrogen) atoms. The van der Waals surface area contributed by atoms with Crippen molar-refractivity contribution in [2.75, 3.05) is 13.7 Å². The minimum absolute atomic E-state index is 0.205. The monoisotopic (exact) mass is 289 g/mol. The number of aromatic amines is 1. The molecule has 0 aliphatic carbocycles. The van der Waals surface area contributed by atoms with E-state index in [2.05, 4.69) is 15.2 Å². The number of halogens is 2. The summed E-state index contributed by atoms with van der Waals surface area (Å²) in [6.45, 7) is 0.205. The quantitative estimate of drug-likeness (QED) is 0.803. The van der Waals surface area contributed by atoms with Crippen molar-refractivity contribution in [2.24, 2.45) is 0 Å². The van der Waals surface area contributed by atoms with Gasteiger partial charge in [0.25, 0.3) is 0 Å². The molecular formula is C15H13F2N3O. The highest BCUT2D eigenvalue weighted by Crippen LogP contribution is 2.28. The van der Waals surface area contributed by atoms with Crippen LogP contribution in [0.3, 0.4) is 0 Å². The number of hydrogen-bond acceptors (Lipinski definition) is 3. The minimum atomic E-state index is -0.489. The van der Waals surface area contributed by atoms with Gasteiger partial charge < -0.3 is 4.74 Å². The second-order valence-electron chi connectivity index (χ2n) is 4.74. The van der Waals surface area contributed by atoms with Gasteiger partial charge in [-0.15, -0.1) is 0 Å². The Labute approximate surface area is 119 Å². The molecule has 2 heterocycles. The molecule has 3 rings (SSSR count). The van der Waals surface area contributed by atoms with Crippen LogP contribution in [0.2, 0.25) is 0 Å². The van der Waals surface area contributed by atoms with E-state index < -0.39 is 17.6 Å². The molecular weight excluding hydrogens is 276 g/mol. The molecule has 6 heteroatoms. The normalized spacial score (nSPS) is 12.7. The summed E-state index contributed by atoms with van der Waals surface area (Å²) in [4.78, 5) is 4.30. The summed E-state index contributed by atoms with van der Waals surface area (Å²) in [5.74, 6) is -1.45. The van der Waals surface area contributed by atoms with E-state index in [4.69, 9.17) is 4.74 Å². The van der Waals surface area contributed by atoms with Crippen LogP contribution < -0.4 is 0 Å². The first-order chi connectivity index (χ1) is 10.2. The lowest BCUT2D eigenvalue weighted by molar-refractivity contribution is 0.187. The molecule has 0 spiro atoms. The molecule has 1 unspecified atom stereocenters. The Morgan fingerprint density at radius 2 is 2.10 bits per heavy atom. The van der Waals surface area contributed by atoms with Crippen LogP contribution in [-0.2, 0) is 4.74 Å².